The molecule has 0 unspecified atom stereocenters. The van der Waals surface area contributed by atoms with Crippen molar-refractivity contribution in [1.29, 1.82) is 0 Å². The van der Waals surface area contributed by atoms with Crippen LogP contribution in [-0.2, 0) is 16.6 Å². The summed E-state index contributed by atoms with van der Waals surface area (Å²) < 4.78 is 28.4. The number of sulfonamides is 1. The van der Waals surface area contributed by atoms with Crippen LogP contribution in [0.1, 0.15) is 5.56 Å². The van der Waals surface area contributed by atoms with Crippen molar-refractivity contribution in [3.05, 3.63) is 48.5 Å². The molecule has 0 aliphatic carbocycles. The Morgan fingerprint density at radius 2 is 2.05 bits per heavy atom. The molecular weight excluding hydrogens is 296 g/mol. The molecule has 3 N–H and O–H groups in total. The first-order chi connectivity index (χ1) is 9.49. The van der Waals surface area contributed by atoms with Gasteiger partial charge < -0.3 is 10.3 Å². The number of nitrogens with two attached hydrogens (primary N) is 1. The van der Waals surface area contributed by atoms with E-state index in [1.807, 2.05) is 0 Å². The fourth-order valence-corrected chi connectivity index (χ4v) is 2.77. The summed E-state index contributed by atoms with van der Waals surface area (Å²) in [6, 6.07) is 6.14. The Labute approximate surface area is 122 Å². The summed E-state index contributed by atoms with van der Waals surface area (Å²) >= 11 is 4.82. The third kappa shape index (κ3) is 3.62. The first kappa shape index (κ1) is 14.6. The van der Waals surface area contributed by atoms with Crippen LogP contribution < -0.4 is 10.5 Å². The normalized spacial score (nSPS) is 11.4. The second-order valence-electron chi connectivity index (χ2n) is 4.09. The zero-order valence-electron chi connectivity index (χ0n) is 10.6. The van der Waals surface area contributed by atoms with Gasteiger partial charge in [-0.3, -0.25) is 0 Å². The van der Waals surface area contributed by atoms with E-state index in [9.17, 15) is 8.42 Å². The number of rotatable bonds is 6. The largest absolute Gasteiger partial charge is 0.389 e. The lowest BCUT2D eigenvalue weighted by Gasteiger charge is -2.08. The fourth-order valence-electron chi connectivity index (χ4n) is 1.61. The topological polar surface area (TPSA) is 90.0 Å². The minimum Gasteiger partial charge on any atom is -0.389 e. The maximum atomic E-state index is 12.0. The van der Waals surface area contributed by atoms with Crippen LogP contribution in [0.4, 0.5) is 0 Å². The van der Waals surface area contributed by atoms with Crippen molar-refractivity contribution < 1.29 is 8.42 Å². The van der Waals surface area contributed by atoms with Crippen LogP contribution in [0, 0.1) is 0 Å². The maximum absolute atomic E-state index is 12.0. The molecule has 20 heavy (non-hydrogen) atoms. The summed E-state index contributed by atoms with van der Waals surface area (Å²) in [7, 11) is -3.52. The number of benzene rings is 1. The number of nitrogens with zero attached hydrogens (tertiary/aromatic N) is 2. The molecule has 0 bridgehead atoms. The average molecular weight is 310 g/mol. The maximum Gasteiger partial charge on any atom is 0.240 e. The molecule has 0 amide bonds. The number of thiocarbonyl (C=S) groups is 1. The van der Waals surface area contributed by atoms with Gasteiger partial charge in [-0.1, -0.05) is 24.4 Å². The minimum atomic E-state index is -3.52. The Hall–Kier alpha value is -1.77. The van der Waals surface area contributed by atoms with Crippen LogP contribution in [0.2, 0.25) is 0 Å². The molecule has 8 heteroatoms. The van der Waals surface area contributed by atoms with Crippen molar-refractivity contribution in [3.63, 3.8) is 0 Å². The number of imidazole rings is 1. The number of hydrogen-bond acceptors (Lipinski definition) is 4. The molecule has 6 nitrogen and oxygen atoms in total. The van der Waals surface area contributed by atoms with Crippen molar-refractivity contribution in [2.75, 3.05) is 6.54 Å². The summed E-state index contributed by atoms with van der Waals surface area (Å²) in [6.07, 6.45) is 5.04. The predicted octanol–water partition coefficient (Wildman–Crippen LogP) is 0.496. The minimum absolute atomic E-state index is 0.183. The average Bonchev–Trinajstić information content (AvgIpc) is 2.92. The Balaban J connectivity index is 2.00. The smallest absolute Gasteiger partial charge is 0.240 e. The molecule has 0 spiro atoms. The van der Waals surface area contributed by atoms with Gasteiger partial charge in [-0.25, -0.2) is 18.1 Å². The lowest BCUT2D eigenvalue weighted by atomic mass is 10.2. The van der Waals surface area contributed by atoms with E-state index in [4.69, 9.17) is 18.0 Å². The molecule has 1 aromatic heterocycles. The molecule has 1 heterocycles. The summed E-state index contributed by atoms with van der Waals surface area (Å²) in [5, 5.41) is 0. The van der Waals surface area contributed by atoms with E-state index in [2.05, 4.69) is 9.71 Å². The first-order valence-corrected chi connectivity index (χ1v) is 7.73. The monoisotopic (exact) mass is 310 g/mol. The molecule has 0 saturated carbocycles. The Kier molecular flexibility index (Phi) is 4.48. The summed E-state index contributed by atoms with van der Waals surface area (Å²) in [5.74, 6) is 0. The highest BCUT2D eigenvalue weighted by Crippen LogP contribution is 2.10. The van der Waals surface area contributed by atoms with E-state index in [-0.39, 0.29) is 16.4 Å². The van der Waals surface area contributed by atoms with E-state index in [0.717, 1.165) is 0 Å². The second-order valence-corrected chi connectivity index (χ2v) is 6.29. The van der Waals surface area contributed by atoms with Crippen molar-refractivity contribution in [1.82, 2.24) is 14.3 Å². The lowest BCUT2D eigenvalue weighted by Crippen LogP contribution is -2.27. The number of nitrogens with one attached hydrogen (secondary N) is 1. The van der Waals surface area contributed by atoms with Gasteiger partial charge in [0.1, 0.15) is 4.99 Å². The first-order valence-electron chi connectivity index (χ1n) is 5.84. The van der Waals surface area contributed by atoms with Crippen LogP contribution >= 0.6 is 12.2 Å². The van der Waals surface area contributed by atoms with Crippen molar-refractivity contribution in [2.45, 2.75) is 11.4 Å². The number of aromatic nitrogens is 2. The molecule has 0 saturated heterocycles. The molecular formula is C12H14N4O2S2. The van der Waals surface area contributed by atoms with E-state index < -0.39 is 10.0 Å². The summed E-state index contributed by atoms with van der Waals surface area (Å²) in [6.45, 7) is 0.806. The summed E-state index contributed by atoms with van der Waals surface area (Å²) in [4.78, 5) is 4.30. The van der Waals surface area contributed by atoms with Gasteiger partial charge in [-0.15, -0.1) is 0 Å². The van der Waals surface area contributed by atoms with Crippen molar-refractivity contribution in [3.8, 4) is 0 Å². The fraction of sp³-hybridized carbons (Fsp3) is 0.167. The molecule has 2 rings (SSSR count). The third-order valence-corrected chi connectivity index (χ3v) is 4.38. The highest BCUT2D eigenvalue weighted by molar-refractivity contribution is 7.89. The van der Waals surface area contributed by atoms with Crippen LogP contribution in [-0.4, -0.2) is 29.5 Å². The van der Waals surface area contributed by atoms with Crippen molar-refractivity contribution in [2.24, 2.45) is 5.73 Å². The standard InChI is InChI=1S/C12H14N4O2S2/c13-12(19)10-1-3-11(4-2-10)20(17,18)15-6-8-16-7-5-14-9-16/h1-5,7,9,15H,6,8H2,(H2,13,19). The summed E-state index contributed by atoms with van der Waals surface area (Å²) in [5.41, 5.74) is 6.10. The van der Waals surface area contributed by atoms with Gasteiger partial charge in [-0.05, 0) is 12.1 Å². The zero-order chi connectivity index (χ0) is 14.6. The Bertz CT molecular complexity index is 679. The van der Waals surface area contributed by atoms with Crippen LogP contribution in [0.5, 0.6) is 0 Å². The van der Waals surface area contributed by atoms with Crippen molar-refractivity contribution >= 4 is 27.2 Å². The number of hydrogen-bond donors (Lipinski definition) is 2. The highest BCUT2D eigenvalue weighted by Gasteiger charge is 2.13. The molecule has 1 aromatic carbocycles. The van der Waals surface area contributed by atoms with Gasteiger partial charge in [-0.2, -0.15) is 0 Å². The predicted molar refractivity (Wildman–Crippen MR) is 79.7 cm³/mol. The van der Waals surface area contributed by atoms with Crippen LogP contribution in [0.3, 0.4) is 0 Å². The Morgan fingerprint density at radius 3 is 2.60 bits per heavy atom. The van der Waals surface area contributed by atoms with Crippen LogP contribution in [0.15, 0.2) is 47.9 Å². The Morgan fingerprint density at radius 1 is 1.35 bits per heavy atom. The molecule has 0 aliphatic heterocycles. The van der Waals surface area contributed by atoms with Gasteiger partial charge in [0.25, 0.3) is 0 Å². The zero-order valence-corrected chi connectivity index (χ0v) is 12.2. The van der Waals surface area contributed by atoms with Gasteiger partial charge in [0, 0.05) is 31.0 Å². The van der Waals surface area contributed by atoms with E-state index in [0.29, 0.717) is 12.1 Å². The van der Waals surface area contributed by atoms with Gasteiger partial charge in [0.15, 0.2) is 0 Å². The van der Waals surface area contributed by atoms with E-state index >= 15 is 0 Å². The van der Waals surface area contributed by atoms with Crippen LogP contribution in [0.25, 0.3) is 0 Å². The van der Waals surface area contributed by atoms with Gasteiger partial charge in [0.2, 0.25) is 10.0 Å². The van der Waals surface area contributed by atoms with Gasteiger partial charge >= 0.3 is 0 Å². The molecule has 106 valence electrons. The molecule has 0 aliphatic rings. The lowest BCUT2D eigenvalue weighted by molar-refractivity contribution is 0.573. The highest BCUT2D eigenvalue weighted by atomic mass is 32.2. The molecule has 0 atom stereocenters. The molecule has 0 radical (unpaired) electrons. The third-order valence-electron chi connectivity index (χ3n) is 2.67. The van der Waals surface area contributed by atoms with E-state index in [1.54, 1.807) is 35.4 Å². The van der Waals surface area contributed by atoms with Gasteiger partial charge in [0.05, 0.1) is 11.2 Å². The van der Waals surface area contributed by atoms with E-state index in [1.165, 1.54) is 12.1 Å². The second kappa shape index (κ2) is 6.12. The quantitative estimate of drug-likeness (QED) is 0.758. The molecule has 0 fully saturated rings. The molecule has 2 aromatic rings. The SMILES string of the molecule is NC(=S)c1ccc(S(=O)(=O)NCCn2ccnc2)cc1.